The lowest BCUT2D eigenvalue weighted by molar-refractivity contribution is 0.879. The molecule has 1 aromatic carbocycles. The molecule has 0 saturated heterocycles. The minimum Gasteiger partial charge on any atom is -0.357 e. The van der Waals surface area contributed by atoms with Crippen molar-refractivity contribution < 1.29 is 0 Å². The molecule has 4 nitrogen and oxygen atoms in total. The predicted octanol–water partition coefficient (Wildman–Crippen LogP) is 2.74. The molecule has 0 saturated carbocycles. The Morgan fingerprint density at radius 3 is 2.37 bits per heavy atom. The fraction of sp³-hybridized carbons (Fsp3) is 0.400. The first-order valence-electron chi connectivity index (χ1n) is 6.46. The number of hydrogen-bond donors (Lipinski definition) is 1. The van der Waals surface area contributed by atoms with E-state index in [4.69, 9.17) is 0 Å². The van der Waals surface area contributed by atoms with E-state index < -0.39 is 0 Å². The molecule has 100 valence electrons. The maximum absolute atomic E-state index is 4.41. The van der Waals surface area contributed by atoms with Gasteiger partial charge in [-0.1, -0.05) is 12.1 Å². The molecule has 0 aliphatic rings. The van der Waals surface area contributed by atoms with Crippen LogP contribution in [0.4, 0.5) is 5.95 Å². The summed E-state index contributed by atoms with van der Waals surface area (Å²) >= 11 is 0. The highest BCUT2D eigenvalue weighted by Crippen LogP contribution is 2.19. The van der Waals surface area contributed by atoms with Crippen molar-refractivity contribution in [3.05, 3.63) is 46.0 Å². The van der Waals surface area contributed by atoms with Crippen LogP contribution in [-0.4, -0.2) is 22.0 Å². The molecule has 0 fully saturated rings. The number of nitrogens with zero attached hydrogens (tertiary/aromatic N) is 3. The predicted molar refractivity (Wildman–Crippen MR) is 77.6 cm³/mol. The molecule has 0 unspecified atom stereocenters. The smallest absolute Gasteiger partial charge is 0.225 e. The third kappa shape index (κ3) is 2.89. The summed E-state index contributed by atoms with van der Waals surface area (Å²) in [5.41, 5.74) is 5.26. The summed E-state index contributed by atoms with van der Waals surface area (Å²) < 4.78 is 0. The first-order valence-corrected chi connectivity index (χ1v) is 6.46. The highest BCUT2D eigenvalue weighted by atomic mass is 15.1. The van der Waals surface area contributed by atoms with Crippen LogP contribution in [-0.2, 0) is 6.42 Å². The Kier molecular flexibility index (Phi) is 3.79. The van der Waals surface area contributed by atoms with Crippen LogP contribution in [0.3, 0.4) is 0 Å². The van der Waals surface area contributed by atoms with Gasteiger partial charge in [-0.3, -0.25) is 0 Å². The van der Waals surface area contributed by atoms with Gasteiger partial charge in [0.15, 0.2) is 0 Å². The van der Waals surface area contributed by atoms with Gasteiger partial charge in [-0.15, -0.1) is 0 Å². The molecular weight excluding hydrogens is 236 g/mol. The van der Waals surface area contributed by atoms with Crippen molar-refractivity contribution in [2.45, 2.75) is 34.1 Å². The van der Waals surface area contributed by atoms with Crippen molar-refractivity contribution in [3.8, 4) is 0 Å². The molecule has 0 spiro atoms. The normalized spacial score (nSPS) is 10.6. The first kappa shape index (κ1) is 13.5. The van der Waals surface area contributed by atoms with Crippen LogP contribution >= 0.6 is 0 Å². The summed E-state index contributed by atoms with van der Waals surface area (Å²) in [4.78, 5) is 13.0. The molecule has 0 radical (unpaired) electrons. The van der Waals surface area contributed by atoms with Gasteiger partial charge in [0.2, 0.25) is 5.95 Å². The van der Waals surface area contributed by atoms with E-state index in [2.05, 4.69) is 53.2 Å². The third-order valence-electron chi connectivity index (χ3n) is 3.54. The summed E-state index contributed by atoms with van der Waals surface area (Å²) in [6, 6.07) is 4.32. The molecule has 1 aromatic heterocycles. The Bertz CT molecular complexity index is 605. The van der Waals surface area contributed by atoms with E-state index >= 15 is 0 Å². The van der Waals surface area contributed by atoms with E-state index in [1.165, 1.54) is 22.3 Å². The third-order valence-corrected chi connectivity index (χ3v) is 3.54. The molecule has 0 amide bonds. The Balaban J connectivity index is 2.36. The average molecular weight is 256 g/mol. The number of aromatic nitrogens is 3. The van der Waals surface area contributed by atoms with Crippen LogP contribution in [0.5, 0.6) is 0 Å². The molecule has 19 heavy (non-hydrogen) atoms. The molecule has 0 atom stereocenters. The van der Waals surface area contributed by atoms with Crippen molar-refractivity contribution >= 4 is 5.95 Å². The van der Waals surface area contributed by atoms with Crippen LogP contribution < -0.4 is 5.32 Å². The van der Waals surface area contributed by atoms with Gasteiger partial charge in [0.1, 0.15) is 11.6 Å². The van der Waals surface area contributed by atoms with Crippen molar-refractivity contribution in [2.75, 3.05) is 12.4 Å². The SMILES string of the molecule is CNc1nc(C)nc(Cc2ccc(C)c(C)c2C)n1. The van der Waals surface area contributed by atoms with Gasteiger partial charge in [-0.05, 0) is 49.9 Å². The Labute approximate surface area is 114 Å². The lowest BCUT2D eigenvalue weighted by atomic mass is 9.97. The van der Waals surface area contributed by atoms with Gasteiger partial charge in [0.25, 0.3) is 0 Å². The van der Waals surface area contributed by atoms with Crippen molar-refractivity contribution in [2.24, 2.45) is 0 Å². The molecule has 0 bridgehead atoms. The molecule has 1 N–H and O–H groups in total. The Hall–Kier alpha value is -1.97. The second-order valence-electron chi connectivity index (χ2n) is 4.84. The molecule has 2 aromatic rings. The summed E-state index contributed by atoms with van der Waals surface area (Å²) in [6.45, 7) is 8.34. The number of nitrogens with one attached hydrogen (secondary N) is 1. The van der Waals surface area contributed by atoms with Gasteiger partial charge in [-0.25, -0.2) is 4.98 Å². The van der Waals surface area contributed by atoms with Crippen LogP contribution in [0.25, 0.3) is 0 Å². The van der Waals surface area contributed by atoms with Gasteiger partial charge < -0.3 is 5.32 Å². The maximum Gasteiger partial charge on any atom is 0.225 e. The number of rotatable bonds is 3. The van der Waals surface area contributed by atoms with Crippen molar-refractivity contribution in [3.63, 3.8) is 0 Å². The van der Waals surface area contributed by atoms with E-state index in [9.17, 15) is 0 Å². The second kappa shape index (κ2) is 5.34. The van der Waals surface area contributed by atoms with E-state index in [-0.39, 0.29) is 0 Å². The van der Waals surface area contributed by atoms with Crippen LogP contribution in [0.1, 0.15) is 33.9 Å². The minimum absolute atomic E-state index is 0.629. The van der Waals surface area contributed by atoms with Crippen LogP contribution in [0.2, 0.25) is 0 Å². The standard InChI is InChI=1S/C15H20N4/c1-9-6-7-13(11(3)10(9)2)8-14-17-12(4)18-15(16-5)19-14/h6-7H,8H2,1-5H3,(H,16,17,18,19). The molecular formula is C15H20N4. The Morgan fingerprint density at radius 1 is 0.947 bits per heavy atom. The zero-order chi connectivity index (χ0) is 14.0. The summed E-state index contributed by atoms with van der Waals surface area (Å²) in [7, 11) is 1.82. The molecule has 2 rings (SSSR count). The van der Waals surface area contributed by atoms with Crippen LogP contribution in [0.15, 0.2) is 12.1 Å². The minimum atomic E-state index is 0.629. The zero-order valence-corrected chi connectivity index (χ0v) is 12.2. The van der Waals surface area contributed by atoms with E-state index in [0.29, 0.717) is 5.95 Å². The monoisotopic (exact) mass is 256 g/mol. The van der Waals surface area contributed by atoms with E-state index in [1.54, 1.807) is 0 Å². The lowest BCUT2D eigenvalue weighted by Crippen LogP contribution is -2.07. The number of hydrogen-bond acceptors (Lipinski definition) is 4. The zero-order valence-electron chi connectivity index (χ0n) is 12.2. The van der Waals surface area contributed by atoms with E-state index in [0.717, 1.165) is 18.1 Å². The molecule has 4 heteroatoms. The maximum atomic E-state index is 4.41. The largest absolute Gasteiger partial charge is 0.357 e. The molecule has 1 heterocycles. The number of aryl methyl sites for hydroxylation is 2. The van der Waals surface area contributed by atoms with Gasteiger partial charge in [0, 0.05) is 13.5 Å². The van der Waals surface area contributed by atoms with E-state index in [1.807, 2.05) is 14.0 Å². The van der Waals surface area contributed by atoms with Crippen molar-refractivity contribution in [1.29, 1.82) is 0 Å². The Morgan fingerprint density at radius 2 is 1.68 bits per heavy atom. The molecule has 0 aliphatic carbocycles. The molecule has 0 aliphatic heterocycles. The highest BCUT2D eigenvalue weighted by molar-refractivity contribution is 5.40. The summed E-state index contributed by atoms with van der Waals surface area (Å²) in [6.07, 6.45) is 0.741. The number of anilines is 1. The lowest BCUT2D eigenvalue weighted by Gasteiger charge is -2.11. The van der Waals surface area contributed by atoms with Crippen molar-refractivity contribution in [1.82, 2.24) is 15.0 Å². The highest BCUT2D eigenvalue weighted by Gasteiger charge is 2.08. The number of benzene rings is 1. The average Bonchev–Trinajstić information content (AvgIpc) is 2.39. The summed E-state index contributed by atoms with van der Waals surface area (Å²) in [5, 5.41) is 2.97. The van der Waals surface area contributed by atoms with Gasteiger partial charge >= 0.3 is 0 Å². The fourth-order valence-electron chi connectivity index (χ4n) is 2.10. The first-order chi connectivity index (χ1) is 9.01. The second-order valence-corrected chi connectivity index (χ2v) is 4.84. The summed E-state index contributed by atoms with van der Waals surface area (Å²) in [5.74, 6) is 2.18. The fourth-order valence-corrected chi connectivity index (χ4v) is 2.10. The quantitative estimate of drug-likeness (QED) is 0.917. The van der Waals surface area contributed by atoms with Gasteiger partial charge in [-0.2, -0.15) is 9.97 Å². The topological polar surface area (TPSA) is 50.7 Å². The van der Waals surface area contributed by atoms with Crippen LogP contribution in [0, 0.1) is 27.7 Å². The van der Waals surface area contributed by atoms with Gasteiger partial charge in [0.05, 0.1) is 0 Å².